The molecule has 2 bridgehead atoms. The highest BCUT2D eigenvalue weighted by Gasteiger charge is 2.38. The predicted molar refractivity (Wildman–Crippen MR) is 88.5 cm³/mol. The van der Waals surface area contributed by atoms with Crippen LogP contribution < -0.4 is 5.32 Å². The molecule has 2 fully saturated rings. The van der Waals surface area contributed by atoms with Crippen LogP contribution in [0.4, 0.5) is 0 Å². The number of fused-ring (bicyclic) bond motifs is 2. The Bertz CT molecular complexity index is 431. The topological polar surface area (TPSA) is 18.5 Å². The maximum Gasteiger partial charge on any atom is 0.0466 e. The fourth-order valence-corrected chi connectivity index (χ4v) is 4.13. The van der Waals surface area contributed by atoms with Gasteiger partial charge in [0.25, 0.3) is 0 Å². The van der Waals surface area contributed by atoms with Crippen LogP contribution in [-0.4, -0.2) is 55.6 Å². The molecule has 1 aromatic rings. The van der Waals surface area contributed by atoms with Gasteiger partial charge < -0.3 is 15.1 Å². The van der Waals surface area contributed by atoms with E-state index in [1.165, 1.54) is 31.2 Å². The van der Waals surface area contributed by atoms with Gasteiger partial charge >= 0.3 is 0 Å². The first-order valence-electron chi connectivity index (χ1n) is 8.32. The lowest BCUT2D eigenvalue weighted by Gasteiger charge is -2.38. The Kier molecular flexibility index (Phi) is 4.63. The van der Waals surface area contributed by atoms with Crippen LogP contribution in [0.1, 0.15) is 37.3 Å². The smallest absolute Gasteiger partial charge is 0.0466 e. The summed E-state index contributed by atoms with van der Waals surface area (Å²) in [6.45, 7) is 1.05. The van der Waals surface area contributed by atoms with E-state index in [9.17, 15) is 0 Å². The highest BCUT2D eigenvalue weighted by molar-refractivity contribution is 5.19. The largest absolute Gasteiger partial charge is 0.312 e. The first kappa shape index (κ1) is 15.0. The van der Waals surface area contributed by atoms with E-state index in [0.717, 1.165) is 18.6 Å². The van der Waals surface area contributed by atoms with Crippen LogP contribution in [0, 0.1) is 0 Å². The maximum atomic E-state index is 3.85. The van der Waals surface area contributed by atoms with E-state index in [1.54, 1.807) is 0 Å². The third-order valence-corrected chi connectivity index (χ3v) is 5.51. The van der Waals surface area contributed by atoms with E-state index >= 15 is 0 Å². The Morgan fingerprint density at radius 2 is 1.76 bits per heavy atom. The molecule has 0 amide bonds. The Morgan fingerprint density at radius 3 is 2.33 bits per heavy atom. The fourth-order valence-electron chi connectivity index (χ4n) is 4.13. The second-order valence-electron chi connectivity index (χ2n) is 7.02. The molecule has 3 heteroatoms. The Hall–Kier alpha value is -0.900. The van der Waals surface area contributed by atoms with E-state index in [2.05, 4.69) is 66.6 Å². The molecular formula is C18H29N3. The zero-order valence-corrected chi connectivity index (χ0v) is 13.6. The van der Waals surface area contributed by atoms with Crippen LogP contribution >= 0.6 is 0 Å². The van der Waals surface area contributed by atoms with Crippen molar-refractivity contribution in [3.05, 3.63) is 35.9 Å². The minimum Gasteiger partial charge on any atom is -0.312 e. The van der Waals surface area contributed by atoms with Crippen LogP contribution in [0.25, 0.3) is 0 Å². The Labute approximate surface area is 129 Å². The van der Waals surface area contributed by atoms with Crippen molar-refractivity contribution >= 4 is 0 Å². The van der Waals surface area contributed by atoms with E-state index in [-0.39, 0.29) is 0 Å². The van der Waals surface area contributed by atoms with Gasteiger partial charge in [-0.1, -0.05) is 30.3 Å². The number of nitrogens with zero attached hydrogens (tertiary/aromatic N) is 2. The van der Waals surface area contributed by atoms with Gasteiger partial charge in [0.15, 0.2) is 0 Å². The molecule has 2 aliphatic heterocycles. The minimum atomic E-state index is 0.462. The quantitative estimate of drug-likeness (QED) is 0.898. The number of hydrogen-bond donors (Lipinski definition) is 1. The van der Waals surface area contributed by atoms with Gasteiger partial charge in [-0.3, -0.25) is 0 Å². The second kappa shape index (κ2) is 6.47. The van der Waals surface area contributed by atoms with Crippen molar-refractivity contribution in [2.45, 2.75) is 49.9 Å². The first-order chi connectivity index (χ1) is 10.1. The average molecular weight is 287 g/mol. The number of rotatable bonds is 5. The molecule has 2 heterocycles. The number of hydrogen-bond acceptors (Lipinski definition) is 3. The summed E-state index contributed by atoms with van der Waals surface area (Å²) in [7, 11) is 6.67. The molecule has 3 nitrogen and oxygen atoms in total. The summed E-state index contributed by atoms with van der Waals surface area (Å²) < 4.78 is 0. The highest BCUT2D eigenvalue weighted by atomic mass is 15.2. The molecule has 21 heavy (non-hydrogen) atoms. The second-order valence-corrected chi connectivity index (χ2v) is 7.02. The van der Waals surface area contributed by atoms with Crippen LogP contribution in [0.15, 0.2) is 30.3 Å². The lowest BCUT2D eigenvalue weighted by Crippen LogP contribution is -2.48. The summed E-state index contributed by atoms with van der Waals surface area (Å²) in [5.41, 5.74) is 1.41. The number of piperidine rings is 1. The standard InChI is InChI=1S/C18H29N3/c1-20(2)18(14-7-5-4-6-8-14)13-19-15-11-16-9-10-17(12-15)21(16)3/h4-8,15-19H,9-13H2,1-3H3. The van der Waals surface area contributed by atoms with Gasteiger partial charge in [-0.25, -0.2) is 0 Å². The van der Waals surface area contributed by atoms with Crippen molar-refractivity contribution < 1.29 is 0 Å². The predicted octanol–water partition coefficient (Wildman–Crippen LogP) is 2.50. The summed E-state index contributed by atoms with van der Waals surface area (Å²) >= 11 is 0. The van der Waals surface area contributed by atoms with E-state index in [1.807, 2.05) is 0 Å². The third kappa shape index (κ3) is 3.31. The Morgan fingerprint density at radius 1 is 1.14 bits per heavy atom. The van der Waals surface area contributed by atoms with Crippen molar-refractivity contribution in [1.82, 2.24) is 15.1 Å². The molecule has 116 valence electrons. The van der Waals surface area contributed by atoms with Crippen molar-refractivity contribution in [3.8, 4) is 0 Å². The van der Waals surface area contributed by atoms with Crippen LogP contribution in [0.5, 0.6) is 0 Å². The third-order valence-electron chi connectivity index (χ3n) is 5.51. The van der Waals surface area contributed by atoms with E-state index < -0.39 is 0 Å². The molecule has 3 atom stereocenters. The van der Waals surface area contributed by atoms with Gasteiger partial charge in [0.05, 0.1) is 0 Å². The molecule has 1 N–H and O–H groups in total. The maximum absolute atomic E-state index is 3.85. The molecule has 1 aromatic carbocycles. The van der Waals surface area contributed by atoms with E-state index in [0.29, 0.717) is 12.1 Å². The molecule has 2 aliphatic rings. The monoisotopic (exact) mass is 287 g/mol. The molecular weight excluding hydrogens is 258 g/mol. The molecule has 2 saturated heterocycles. The molecule has 0 aliphatic carbocycles. The van der Waals surface area contributed by atoms with Crippen molar-refractivity contribution in [2.24, 2.45) is 0 Å². The molecule has 0 aromatic heterocycles. The van der Waals surface area contributed by atoms with Gasteiger partial charge in [-0.05, 0) is 52.4 Å². The van der Waals surface area contributed by atoms with Crippen LogP contribution in [-0.2, 0) is 0 Å². The van der Waals surface area contributed by atoms with Gasteiger partial charge in [0, 0.05) is 30.7 Å². The normalized spacial score (nSPS) is 30.8. The molecule has 0 saturated carbocycles. The highest BCUT2D eigenvalue weighted by Crippen LogP contribution is 2.34. The summed E-state index contributed by atoms with van der Waals surface area (Å²) in [6.07, 6.45) is 5.44. The first-order valence-corrected chi connectivity index (χ1v) is 8.32. The van der Waals surface area contributed by atoms with Crippen molar-refractivity contribution in [3.63, 3.8) is 0 Å². The molecule has 3 rings (SSSR count). The number of nitrogens with one attached hydrogen (secondary N) is 1. The van der Waals surface area contributed by atoms with Gasteiger partial charge in [0.1, 0.15) is 0 Å². The average Bonchev–Trinajstić information content (AvgIpc) is 2.71. The minimum absolute atomic E-state index is 0.462. The summed E-state index contributed by atoms with van der Waals surface area (Å²) in [6, 6.07) is 13.6. The van der Waals surface area contributed by atoms with Crippen LogP contribution in [0.2, 0.25) is 0 Å². The van der Waals surface area contributed by atoms with Gasteiger partial charge in [0.2, 0.25) is 0 Å². The zero-order valence-electron chi connectivity index (χ0n) is 13.6. The summed E-state index contributed by atoms with van der Waals surface area (Å²) in [4.78, 5) is 4.94. The summed E-state index contributed by atoms with van der Waals surface area (Å²) in [5, 5.41) is 3.85. The van der Waals surface area contributed by atoms with Crippen molar-refractivity contribution in [1.29, 1.82) is 0 Å². The Balaban J connectivity index is 1.58. The lowest BCUT2D eigenvalue weighted by atomic mass is 9.97. The van der Waals surface area contributed by atoms with Crippen molar-refractivity contribution in [2.75, 3.05) is 27.7 Å². The fraction of sp³-hybridized carbons (Fsp3) is 0.667. The zero-order chi connectivity index (χ0) is 14.8. The summed E-state index contributed by atoms with van der Waals surface area (Å²) in [5.74, 6) is 0. The van der Waals surface area contributed by atoms with E-state index in [4.69, 9.17) is 0 Å². The SMILES string of the molecule is CN(C)C(CNC1CC2CCC(C1)N2C)c1ccccc1. The van der Waals surface area contributed by atoms with Gasteiger partial charge in [-0.15, -0.1) is 0 Å². The van der Waals surface area contributed by atoms with Gasteiger partial charge in [-0.2, -0.15) is 0 Å². The molecule has 3 unspecified atom stereocenters. The number of benzene rings is 1. The lowest BCUT2D eigenvalue weighted by molar-refractivity contribution is 0.143. The molecule has 0 spiro atoms. The number of likely N-dealkylation sites (N-methyl/N-ethyl adjacent to an activating group) is 1. The van der Waals surface area contributed by atoms with Crippen LogP contribution in [0.3, 0.4) is 0 Å². The molecule has 0 radical (unpaired) electrons.